The van der Waals surface area contributed by atoms with Gasteiger partial charge in [-0.2, -0.15) is 0 Å². The van der Waals surface area contributed by atoms with E-state index in [0.717, 1.165) is 19.3 Å². The summed E-state index contributed by atoms with van der Waals surface area (Å²) < 4.78 is 0. The Morgan fingerprint density at radius 3 is 2.29 bits per heavy atom. The second kappa shape index (κ2) is 6.31. The van der Waals surface area contributed by atoms with Crippen molar-refractivity contribution in [2.75, 3.05) is 0 Å². The van der Waals surface area contributed by atoms with Crippen LogP contribution in [0.1, 0.15) is 37.1 Å². The Kier molecular flexibility index (Phi) is 5.36. The van der Waals surface area contributed by atoms with Gasteiger partial charge in [0.05, 0.1) is 5.38 Å². The molecular formula is C12H16Cl2. The fraction of sp³-hybridized carbons (Fsp3) is 0.500. The summed E-state index contributed by atoms with van der Waals surface area (Å²) in [5.41, 5.74) is 1.19. The first-order valence-electron chi connectivity index (χ1n) is 5.07. The van der Waals surface area contributed by atoms with Gasteiger partial charge in [0, 0.05) is 5.38 Å². The van der Waals surface area contributed by atoms with Crippen LogP contribution in [-0.4, -0.2) is 5.38 Å². The monoisotopic (exact) mass is 230 g/mol. The van der Waals surface area contributed by atoms with Gasteiger partial charge in [-0.3, -0.25) is 0 Å². The largest absolute Gasteiger partial charge is 0.123 e. The second-order valence-electron chi connectivity index (χ2n) is 3.46. The zero-order valence-electron chi connectivity index (χ0n) is 8.42. The molecular weight excluding hydrogens is 215 g/mol. The number of rotatable bonds is 5. The lowest BCUT2D eigenvalue weighted by molar-refractivity contribution is 0.663. The Morgan fingerprint density at radius 1 is 1.07 bits per heavy atom. The molecule has 0 fully saturated rings. The summed E-state index contributed by atoms with van der Waals surface area (Å²) in [5.74, 6) is 0. The minimum atomic E-state index is 0.101. The first kappa shape index (κ1) is 11.9. The molecule has 0 aliphatic heterocycles. The van der Waals surface area contributed by atoms with E-state index in [1.807, 2.05) is 18.2 Å². The van der Waals surface area contributed by atoms with E-state index in [-0.39, 0.29) is 10.8 Å². The standard InChI is InChI=1S/C12H16Cl2/c1-2-11(13)8-9-12(14)10-6-4-3-5-7-10/h3-7,11-12H,2,8-9H2,1H3. The van der Waals surface area contributed by atoms with Crippen molar-refractivity contribution in [3.8, 4) is 0 Å². The molecule has 0 nitrogen and oxygen atoms in total. The maximum absolute atomic E-state index is 6.25. The number of hydrogen-bond donors (Lipinski definition) is 0. The smallest absolute Gasteiger partial charge is 0.0585 e. The SMILES string of the molecule is CCC(Cl)CCC(Cl)c1ccccc1. The van der Waals surface area contributed by atoms with Gasteiger partial charge in [0.2, 0.25) is 0 Å². The van der Waals surface area contributed by atoms with Crippen LogP contribution >= 0.6 is 23.2 Å². The number of alkyl halides is 2. The van der Waals surface area contributed by atoms with Crippen LogP contribution in [0.2, 0.25) is 0 Å². The van der Waals surface area contributed by atoms with Gasteiger partial charge in [0.1, 0.15) is 0 Å². The summed E-state index contributed by atoms with van der Waals surface area (Å²) in [4.78, 5) is 0. The summed E-state index contributed by atoms with van der Waals surface area (Å²) in [6, 6.07) is 10.2. The molecule has 1 aromatic carbocycles. The Balaban J connectivity index is 2.39. The zero-order chi connectivity index (χ0) is 10.4. The first-order chi connectivity index (χ1) is 6.74. The molecule has 0 spiro atoms. The van der Waals surface area contributed by atoms with Gasteiger partial charge < -0.3 is 0 Å². The number of halogens is 2. The number of hydrogen-bond acceptors (Lipinski definition) is 0. The molecule has 0 heterocycles. The van der Waals surface area contributed by atoms with E-state index in [2.05, 4.69) is 19.1 Å². The predicted molar refractivity (Wildman–Crippen MR) is 64.2 cm³/mol. The molecule has 0 aliphatic rings. The van der Waals surface area contributed by atoms with Gasteiger partial charge in [-0.05, 0) is 24.8 Å². The van der Waals surface area contributed by atoms with Crippen LogP contribution in [0.15, 0.2) is 30.3 Å². The van der Waals surface area contributed by atoms with Crippen molar-refractivity contribution in [1.82, 2.24) is 0 Å². The quantitative estimate of drug-likeness (QED) is 0.640. The molecule has 0 bridgehead atoms. The maximum atomic E-state index is 6.25. The van der Waals surface area contributed by atoms with Gasteiger partial charge in [-0.25, -0.2) is 0 Å². The van der Waals surface area contributed by atoms with E-state index in [4.69, 9.17) is 23.2 Å². The lowest BCUT2D eigenvalue weighted by Gasteiger charge is -2.11. The van der Waals surface area contributed by atoms with Gasteiger partial charge >= 0.3 is 0 Å². The molecule has 2 unspecified atom stereocenters. The highest BCUT2D eigenvalue weighted by Crippen LogP contribution is 2.27. The van der Waals surface area contributed by atoms with Crippen LogP contribution in [0.3, 0.4) is 0 Å². The van der Waals surface area contributed by atoms with Crippen molar-refractivity contribution in [1.29, 1.82) is 0 Å². The third-order valence-corrected chi connectivity index (χ3v) is 3.33. The van der Waals surface area contributed by atoms with E-state index in [1.165, 1.54) is 5.56 Å². The van der Waals surface area contributed by atoms with E-state index < -0.39 is 0 Å². The van der Waals surface area contributed by atoms with Crippen molar-refractivity contribution in [3.63, 3.8) is 0 Å². The molecule has 2 atom stereocenters. The maximum Gasteiger partial charge on any atom is 0.0585 e. The summed E-state index contributed by atoms with van der Waals surface area (Å²) in [7, 11) is 0. The van der Waals surface area contributed by atoms with Crippen LogP contribution in [0, 0.1) is 0 Å². The first-order valence-corrected chi connectivity index (χ1v) is 5.94. The highest BCUT2D eigenvalue weighted by Gasteiger charge is 2.09. The molecule has 1 rings (SSSR count). The topological polar surface area (TPSA) is 0 Å². The molecule has 0 saturated carbocycles. The molecule has 2 heteroatoms. The van der Waals surface area contributed by atoms with Gasteiger partial charge in [0.15, 0.2) is 0 Å². The molecule has 0 saturated heterocycles. The Bertz CT molecular complexity index is 246. The van der Waals surface area contributed by atoms with Crippen LogP contribution < -0.4 is 0 Å². The zero-order valence-corrected chi connectivity index (χ0v) is 9.93. The third-order valence-electron chi connectivity index (χ3n) is 2.34. The van der Waals surface area contributed by atoms with Gasteiger partial charge in [-0.1, -0.05) is 37.3 Å². The van der Waals surface area contributed by atoms with E-state index in [9.17, 15) is 0 Å². The third kappa shape index (κ3) is 3.89. The predicted octanol–water partition coefficient (Wildman–Crippen LogP) is 4.76. The summed E-state index contributed by atoms with van der Waals surface area (Å²) in [5, 5.41) is 0.365. The van der Waals surface area contributed by atoms with E-state index in [1.54, 1.807) is 0 Å². The molecule has 14 heavy (non-hydrogen) atoms. The lowest BCUT2D eigenvalue weighted by atomic mass is 10.1. The molecule has 0 amide bonds. The highest BCUT2D eigenvalue weighted by atomic mass is 35.5. The van der Waals surface area contributed by atoms with E-state index >= 15 is 0 Å². The van der Waals surface area contributed by atoms with Crippen molar-refractivity contribution in [2.45, 2.75) is 36.9 Å². The second-order valence-corrected chi connectivity index (χ2v) is 4.61. The fourth-order valence-corrected chi connectivity index (χ4v) is 1.76. The Labute approximate surface area is 96.2 Å². The van der Waals surface area contributed by atoms with Gasteiger partial charge in [0.25, 0.3) is 0 Å². The van der Waals surface area contributed by atoms with E-state index in [0.29, 0.717) is 0 Å². The van der Waals surface area contributed by atoms with Crippen molar-refractivity contribution >= 4 is 23.2 Å². The fourth-order valence-electron chi connectivity index (χ4n) is 1.36. The van der Waals surface area contributed by atoms with Crippen LogP contribution in [-0.2, 0) is 0 Å². The van der Waals surface area contributed by atoms with Crippen molar-refractivity contribution in [2.24, 2.45) is 0 Å². The van der Waals surface area contributed by atoms with Gasteiger partial charge in [-0.15, -0.1) is 23.2 Å². The molecule has 0 radical (unpaired) electrons. The molecule has 0 aromatic heterocycles. The minimum absolute atomic E-state index is 0.101. The molecule has 0 N–H and O–H groups in total. The molecule has 78 valence electrons. The summed E-state index contributed by atoms with van der Waals surface area (Å²) in [6.45, 7) is 2.10. The highest BCUT2D eigenvalue weighted by molar-refractivity contribution is 6.21. The Morgan fingerprint density at radius 2 is 1.71 bits per heavy atom. The van der Waals surface area contributed by atoms with Crippen LogP contribution in [0.4, 0.5) is 0 Å². The Hall–Kier alpha value is -0.200. The molecule has 0 aliphatic carbocycles. The lowest BCUT2D eigenvalue weighted by Crippen LogP contribution is -1.99. The normalized spacial score (nSPS) is 15.1. The van der Waals surface area contributed by atoms with Crippen molar-refractivity contribution in [3.05, 3.63) is 35.9 Å². The van der Waals surface area contributed by atoms with Crippen LogP contribution in [0.25, 0.3) is 0 Å². The summed E-state index contributed by atoms with van der Waals surface area (Å²) in [6.07, 6.45) is 2.95. The van der Waals surface area contributed by atoms with Crippen molar-refractivity contribution < 1.29 is 0 Å². The molecule has 1 aromatic rings. The summed E-state index contributed by atoms with van der Waals surface area (Å²) >= 11 is 12.3. The minimum Gasteiger partial charge on any atom is -0.123 e. The van der Waals surface area contributed by atoms with Crippen LogP contribution in [0.5, 0.6) is 0 Å². The average molecular weight is 231 g/mol. The average Bonchev–Trinajstić information content (AvgIpc) is 2.26. The number of benzene rings is 1.